The van der Waals surface area contributed by atoms with Gasteiger partial charge in [-0.2, -0.15) is 0 Å². The van der Waals surface area contributed by atoms with Gasteiger partial charge in [0, 0.05) is 10.9 Å². The van der Waals surface area contributed by atoms with Crippen molar-refractivity contribution in [2.75, 3.05) is 11.1 Å². The molecule has 0 atom stereocenters. The second-order valence-corrected chi connectivity index (χ2v) is 7.69. The molecule has 4 nitrogen and oxygen atoms in total. The molecule has 1 aliphatic carbocycles. The first-order chi connectivity index (χ1) is 13.2. The Labute approximate surface area is 162 Å². The lowest BCUT2D eigenvalue weighted by molar-refractivity contribution is -0.113. The topological polar surface area (TPSA) is 58.2 Å². The van der Waals surface area contributed by atoms with Gasteiger partial charge in [0.15, 0.2) is 0 Å². The van der Waals surface area contributed by atoms with Gasteiger partial charge in [-0.25, -0.2) is 0 Å². The highest BCUT2D eigenvalue weighted by molar-refractivity contribution is 8.00. The molecule has 0 radical (unpaired) electrons. The van der Waals surface area contributed by atoms with Crippen LogP contribution >= 0.6 is 11.8 Å². The number of amides is 2. The Hall–Kier alpha value is -2.79. The summed E-state index contributed by atoms with van der Waals surface area (Å²) in [5.41, 5.74) is 1.06. The van der Waals surface area contributed by atoms with Crippen LogP contribution in [0.25, 0.3) is 10.8 Å². The number of hydrogen-bond acceptors (Lipinski definition) is 3. The zero-order valence-electron chi connectivity index (χ0n) is 14.8. The molecule has 136 valence electrons. The van der Waals surface area contributed by atoms with Crippen LogP contribution in [0.1, 0.15) is 23.2 Å². The van der Waals surface area contributed by atoms with Crippen LogP contribution in [0.2, 0.25) is 0 Å². The molecule has 1 aliphatic rings. The minimum atomic E-state index is -0.129. The molecular weight excluding hydrogens is 356 g/mol. The number of hydrogen-bond donors (Lipinski definition) is 2. The van der Waals surface area contributed by atoms with Crippen molar-refractivity contribution in [2.45, 2.75) is 23.8 Å². The summed E-state index contributed by atoms with van der Waals surface area (Å²) in [5.74, 6) is 0.0344. The summed E-state index contributed by atoms with van der Waals surface area (Å²) in [6.45, 7) is 0. The monoisotopic (exact) mass is 376 g/mol. The molecule has 0 aromatic heterocycles. The molecule has 1 fully saturated rings. The molecule has 3 aromatic rings. The predicted molar refractivity (Wildman–Crippen MR) is 110 cm³/mol. The van der Waals surface area contributed by atoms with Crippen LogP contribution in [0.5, 0.6) is 0 Å². The molecule has 3 aromatic carbocycles. The maximum Gasteiger partial charge on any atom is 0.253 e. The average Bonchev–Trinajstić information content (AvgIpc) is 3.50. The van der Waals surface area contributed by atoms with Crippen LogP contribution in [0.3, 0.4) is 0 Å². The third-order valence-electron chi connectivity index (χ3n) is 4.45. The van der Waals surface area contributed by atoms with E-state index >= 15 is 0 Å². The van der Waals surface area contributed by atoms with Gasteiger partial charge in [0.05, 0.1) is 17.0 Å². The number of thioether (sulfide) groups is 1. The van der Waals surface area contributed by atoms with Gasteiger partial charge in [0.25, 0.3) is 5.91 Å². The van der Waals surface area contributed by atoms with Crippen LogP contribution in [-0.2, 0) is 4.79 Å². The summed E-state index contributed by atoms with van der Waals surface area (Å²) < 4.78 is 0. The van der Waals surface area contributed by atoms with Crippen molar-refractivity contribution in [1.29, 1.82) is 0 Å². The maximum atomic E-state index is 12.4. The molecule has 0 aliphatic heterocycles. The number of carbonyl (C=O) groups is 2. The van der Waals surface area contributed by atoms with Gasteiger partial charge in [-0.15, -0.1) is 11.8 Å². The number of fused-ring (bicyclic) bond motifs is 1. The van der Waals surface area contributed by atoms with E-state index in [2.05, 4.69) is 34.9 Å². The fourth-order valence-electron chi connectivity index (χ4n) is 2.87. The van der Waals surface area contributed by atoms with E-state index in [4.69, 9.17) is 0 Å². The molecular formula is C22H20N2O2S. The third kappa shape index (κ3) is 4.49. The van der Waals surface area contributed by atoms with Gasteiger partial charge in [-0.3, -0.25) is 9.59 Å². The summed E-state index contributed by atoms with van der Waals surface area (Å²) in [5, 5.41) is 8.17. The van der Waals surface area contributed by atoms with Crippen molar-refractivity contribution < 1.29 is 9.59 Å². The van der Waals surface area contributed by atoms with Gasteiger partial charge >= 0.3 is 0 Å². The number of anilines is 1. The lowest BCUT2D eigenvalue weighted by Gasteiger charge is -2.11. The highest BCUT2D eigenvalue weighted by atomic mass is 32.2. The third-order valence-corrected chi connectivity index (χ3v) is 5.44. The second-order valence-electron chi connectivity index (χ2n) is 6.64. The van der Waals surface area contributed by atoms with E-state index in [0.29, 0.717) is 11.3 Å². The molecule has 0 heterocycles. The van der Waals surface area contributed by atoms with Crippen molar-refractivity contribution in [1.82, 2.24) is 5.32 Å². The average molecular weight is 376 g/mol. The molecule has 0 spiro atoms. The fraction of sp³-hybridized carbons (Fsp3) is 0.182. The van der Waals surface area contributed by atoms with Crippen molar-refractivity contribution in [3.05, 3.63) is 72.3 Å². The lowest BCUT2D eigenvalue weighted by atomic mass is 10.1. The van der Waals surface area contributed by atoms with Crippen LogP contribution < -0.4 is 10.6 Å². The molecule has 1 saturated carbocycles. The van der Waals surface area contributed by atoms with Crippen molar-refractivity contribution >= 4 is 40.0 Å². The number of carbonyl (C=O) groups excluding carboxylic acids is 2. The molecule has 4 rings (SSSR count). The van der Waals surface area contributed by atoms with E-state index in [1.807, 2.05) is 24.3 Å². The smallest absolute Gasteiger partial charge is 0.253 e. The number of benzene rings is 3. The zero-order chi connectivity index (χ0) is 18.6. The van der Waals surface area contributed by atoms with E-state index in [1.54, 1.807) is 18.2 Å². The molecule has 2 N–H and O–H groups in total. The molecule has 0 unspecified atom stereocenters. The quantitative estimate of drug-likeness (QED) is 0.625. The fourth-order valence-corrected chi connectivity index (χ4v) is 3.62. The van der Waals surface area contributed by atoms with E-state index in [1.165, 1.54) is 17.1 Å². The van der Waals surface area contributed by atoms with Crippen LogP contribution in [0.15, 0.2) is 71.6 Å². The molecule has 0 bridgehead atoms. The van der Waals surface area contributed by atoms with E-state index < -0.39 is 0 Å². The van der Waals surface area contributed by atoms with Gasteiger partial charge in [-0.05, 0) is 47.9 Å². The summed E-state index contributed by atoms with van der Waals surface area (Å²) in [6.07, 6.45) is 2.06. The van der Waals surface area contributed by atoms with Crippen LogP contribution in [0, 0.1) is 0 Å². The second kappa shape index (κ2) is 7.84. The van der Waals surface area contributed by atoms with Gasteiger partial charge in [0.1, 0.15) is 0 Å². The largest absolute Gasteiger partial charge is 0.349 e. The van der Waals surface area contributed by atoms with E-state index in [0.717, 1.165) is 23.1 Å². The summed E-state index contributed by atoms with van der Waals surface area (Å²) in [7, 11) is 0. The van der Waals surface area contributed by atoms with Crippen LogP contribution in [0.4, 0.5) is 5.69 Å². The van der Waals surface area contributed by atoms with Crippen LogP contribution in [-0.4, -0.2) is 23.6 Å². The first kappa shape index (κ1) is 17.6. The maximum absolute atomic E-state index is 12.4. The van der Waals surface area contributed by atoms with Gasteiger partial charge in [0.2, 0.25) is 5.91 Å². The van der Waals surface area contributed by atoms with Crippen molar-refractivity contribution in [2.24, 2.45) is 0 Å². The Morgan fingerprint density at radius 1 is 0.926 bits per heavy atom. The SMILES string of the molecule is O=C(CSc1ccc2ccccc2c1)Nc1ccccc1C(=O)NC1CC1. The molecule has 0 saturated heterocycles. The number of para-hydroxylation sites is 1. The van der Waals surface area contributed by atoms with Crippen molar-refractivity contribution in [3.63, 3.8) is 0 Å². The number of nitrogens with one attached hydrogen (secondary N) is 2. The Morgan fingerprint density at radius 2 is 1.67 bits per heavy atom. The Kier molecular flexibility index (Phi) is 5.12. The molecule has 27 heavy (non-hydrogen) atoms. The minimum Gasteiger partial charge on any atom is -0.349 e. The zero-order valence-corrected chi connectivity index (χ0v) is 15.6. The standard InChI is InChI=1S/C22H20N2O2S/c25-21(14-27-18-12-9-15-5-1-2-6-16(15)13-18)24-20-8-4-3-7-19(20)22(26)23-17-10-11-17/h1-9,12-13,17H,10-11,14H2,(H,23,26)(H,24,25). The minimum absolute atomic E-state index is 0.125. The Morgan fingerprint density at radius 3 is 2.48 bits per heavy atom. The summed E-state index contributed by atoms with van der Waals surface area (Å²) >= 11 is 1.48. The van der Waals surface area contributed by atoms with E-state index in [9.17, 15) is 9.59 Å². The Balaban J connectivity index is 1.39. The lowest BCUT2D eigenvalue weighted by Crippen LogP contribution is -2.27. The first-order valence-corrected chi connectivity index (χ1v) is 9.99. The highest BCUT2D eigenvalue weighted by Crippen LogP contribution is 2.25. The summed E-state index contributed by atoms with van der Waals surface area (Å²) in [4.78, 5) is 25.8. The van der Waals surface area contributed by atoms with Crippen molar-refractivity contribution in [3.8, 4) is 0 Å². The van der Waals surface area contributed by atoms with E-state index in [-0.39, 0.29) is 23.6 Å². The highest BCUT2D eigenvalue weighted by Gasteiger charge is 2.25. The Bertz CT molecular complexity index is 998. The molecule has 5 heteroatoms. The van der Waals surface area contributed by atoms with Gasteiger partial charge < -0.3 is 10.6 Å². The van der Waals surface area contributed by atoms with Gasteiger partial charge in [-0.1, -0.05) is 42.5 Å². The number of rotatable bonds is 6. The molecule has 2 amide bonds. The first-order valence-electron chi connectivity index (χ1n) is 9.00. The summed E-state index contributed by atoms with van der Waals surface area (Å²) in [6, 6.07) is 21.7. The normalized spacial score (nSPS) is 13.3. The predicted octanol–water partition coefficient (Wildman–Crippen LogP) is 4.46.